The van der Waals surface area contributed by atoms with E-state index in [9.17, 15) is 9.90 Å². The Morgan fingerprint density at radius 3 is 2.38 bits per heavy atom. The fourth-order valence-corrected chi connectivity index (χ4v) is 3.44. The van der Waals surface area contributed by atoms with Gasteiger partial charge in [-0.15, -0.1) is 0 Å². The molecule has 0 aliphatic carbocycles. The van der Waals surface area contributed by atoms with Gasteiger partial charge < -0.3 is 10.0 Å². The molecule has 2 aromatic rings. The molecule has 21 heavy (non-hydrogen) atoms. The highest BCUT2D eigenvalue weighted by Gasteiger charge is 2.47. The molecule has 2 aromatic carbocycles. The van der Waals surface area contributed by atoms with Crippen LogP contribution in [0.4, 0.5) is 5.69 Å². The number of fused-ring (bicyclic) bond motifs is 1. The Morgan fingerprint density at radius 2 is 1.71 bits per heavy atom. The van der Waals surface area contributed by atoms with E-state index in [1.165, 1.54) is 0 Å². The van der Waals surface area contributed by atoms with E-state index in [1.54, 1.807) is 24.0 Å². The Kier molecular flexibility index (Phi) is 3.01. The maximum absolute atomic E-state index is 12.2. The van der Waals surface area contributed by atoms with E-state index in [0.717, 1.165) is 16.8 Å². The quantitative estimate of drug-likeness (QED) is 0.864. The number of rotatable bonds is 1. The molecular weight excluding hydrogens is 262 g/mol. The van der Waals surface area contributed by atoms with E-state index >= 15 is 0 Å². The first-order chi connectivity index (χ1) is 9.94. The SMILES string of the molecule is CC(=O)N1c2ccccc2C(C)(C)C1c1ccccc1O. The van der Waals surface area contributed by atoms with E-state index < -0.39 is 0 Å². The van der Waals surface area contributed by atoms with Gasteiger partial charge in [0, 0.05) is 23.6 Å². The van der Waals surface area contributed by atoms with Crippen molar-refractivity contribution in [3.8, 4) is 5.75 Å². The number of phenols is 1. The van der Waals surface area contributed by atoms with E-state index in [4.69, 9.17) is 0 Å². The molecule has 1 heterocycles. The number of hydrogen-bond acceptors (Lipinski definition) is 2. The summed E-state index contributed by atoms with van der Waals surface area (Å²) in [7, 11) is 0. The molecule has 0 fully saturated rings. The summed E-state index contributed by atoms with van der Waals surface area (Å²) in [5.74, 6) is 0.218. The van der Waals surface area contributed by atoms with Crippen LogP contribution in [0, 0.1) is 0 Å². The number of nitrogens with zero attached hydrogens (tertiary/aromatic N) is 1. The van der Waals surface area contributed by atoms with Crippen LogP contribution in [0.25, 0.3) is 0 Å². The molecule has 1 N–H and O–H groups in total. The number of carbonyl (C=O) groups excluding carboxylic acids is 1. The third-order valence-electron chi connectivity index (χ3n) is 4.37. The second-order valence-corrected chi connectivity index (χ2v) is 6.09. The minimum Gasteiger partial charge on any atom is -0.508 e. The van der Waals surface area contributed by atoms with Crippen molar-refractivity contribution in [2.45, 2.75) is 32.2 Å². The second-order valence-electron chi connectivity index (χ2n) is 6.09. The summed E-state index contributed by atoms with van der Waals surface area (Å²) in [5, 5.41) is 10.2. The molecule has 108 valence electrons. The maximum atomic E-state index is 12.2. The molecule has 1 aliphatic heterocycles. The molecule has 1 amide bonds. The van der Waals surface area contributed by atoms with Crippen molar-refractivity contribution in [3.05, 3.63) is 59.7 Å². The molecule has 0 spiro atoms. The van der Waals surface area contributed by atoms with Gasteiger partial charge in [-0.2, -0.15) is 0 Å². The number of amides is 1. The molecule has 0 aromatic heterocycles. The summed E-state index contributed by atoms with van der Waals surface area (Å²) in [5.41, 5.74) is 2.59. The van der Waals surface area contributed by atoms with E-state index in [1.807, 2.05) is 30.3 Å². The maximum Gasteiger partial charge on any atom is 0.224 e. The van der Waals surface area contributed by atoms with Gasteiger partial charge in [-0.25, -0.2) is 0 Å². The molecule has 1 unspecified atom stereocenters. The fourth-order valence-electron chi connectivity index (χ4n) is 3.44. The summed E-state index contributed by atoms with van der Waals surface area (Å²) in [6.45, 7) is 5.81. The van der Waals surface area contributed by atoms with Gasteiger partial charge >= 0.3 is 0 Å². The van der Waals surface area contributed by atoms with Crippen LogP contribution in [-0.2, 0) is 10.2 Å². The highest BCUT2D eigenvalue weighted by atomic mass is 16.3. The number of hydrogen-bond donors (Lipinski definition) is 1. The summed E-state index contributed by atoms with van der Waals surface area (Å²) < 4.78 is 0. The van der Waals surface area contributed by atoms with Crippen LogP contribution in [0.1, 0.15) is 37.9 Å². The number of phenolic OH excluding ortho intramolecular Hbond substituents is 1. The van der Waals surface area contributed by atoms with E-state index in [2.05, 4.69) is 19.9 Å². The highest BCUT2D eigenvalue weighted by molar-refractivity contribution is 5.96. The number of benzene rings is 2. The zero-order valence-electron chi connectivity index (χ0n) is 12.5. The van der Waals surface area contributed by atoms with Crippen molar-refractivity contribution in [2.75, 3.05) is 4.90 Å². The Bertz CT molecular complexity index is 706. The molecule has 3 rings (SSSR count). The van der Waals surface area contributed by atoms with Crippen LogP contribution in [0.5, 0.6) is 5.75 Å². The largest absolute Gasteiger partial charge is 0.508 e. The third kappa shape index (κ3) is 1.92. The topological polar surface area (TPSA) is 40.5 Å². The normalized spacial score (nSPS) is 19.4. The lowest BCUT2D eigenvalue weighted by molar-refractivity contribution is -0.117. The van der Waals surface area contributed by atoms with Gasteiger partial charge in [0.15, 0.2) is 0 Å². The predicted molar refractivity (Wildman–Crippen MR) is 83.5 cm³/mol. The molecule has 1 aliphatic rings. The number of carbonyl (C=O) groups is 1. The minimum atomic E-state index is -0.263. The average Bonchev–Trinajstić information content (AvgIpc) is 2.68. The minimum absolute atomic E-state index is 0.0127. The standard InChI is InChI=1S/C18H19NO2/c1-12(20)19-15-10-6-5-9-14(15)18(2,3)17(19)13-8-4-7-11-16(13)21/h4-11,17,21H,1-3H3. The van der Waals surface area contributed by atoms with Crippen molar-refractivity contribution in [3.63, 3.8) is 0 Å². The Hall–Kier alpha value is -2.29. The molecule has 3 heteroatoms. The summed E-state index contributed by atoms with van der Waals surface area (Å²) in [4.78, 5) is 14.0. The van der Waals surface area contributed by atoms with Crippen molar-refractivity contribution >= 4 is 11.6 Å². The Morgan fingerprint density at radius 1 is 1.10 bits per heavy atom. The highest BCUT2D eigenvalue weighted by Crippen LogP contribution is 2.53. The molecule has 0 saturated carbocycles. The van der Waals surface area contributed by atoms with Crippen LogP contribution in [-0.4, -0.2) is 11.0 Å². The van der Waals surface area contributed by atoms with Crippen molar-refractivity contribution in [1.82, 2.24) is 0 Å². The number of aromatic hydroxyl groups is 1. The van der Waals surface area contributed by atoms with Gasteiger partial charge in [0.25, 0.3) is 0 Å². The van der Waals surface area contributed by atoms with Gasteiger partial charge in [0.2, 0.25) is 5.91 Å². The zero-order valence-corrected chi connectivity index (χ0v) is 12.5. The smallest absolute Gasteiger partial charge is 0.224 e. The summed E-state index contributed by atoms with van der Waals surface area (Å²) in [6.07, 6.45) is 0. The van der Waals surface area contributed by atoms with Crippen molar-refractivity contribution < 1.29 is 9.90 Å². The Labute approximate surface area is 124 Å². The van der Waals surface area contributed by atoms with Gasteiger partial charge in [0.05, 0.1) is 6.04 Å². The first-order valence-electron chi connectivity index (χ1n) is 7.12. The van der Waals surface area contributed by atoms with Crippen LogP contribution in [0.2, 0.25) is 0 Å². The molecular formula is C18H19NO2. The van der Waals surface area contributed by atoms with Gasteiger partial charge in [0.1, 0.15) is 5.75 Å². The predicted octanol–water partition coefficient (Wildman–Crippen LogP) is 3.78. The average molecular weight is 281 g/mol. The first-order valence-corrected chi connectivity index (χ1v) is 7.12. The lowest BCUT2D eigenvalue weighted by Crippen LogP contribution is -2.36. The molecule has 0 bridgehead atoms. The van der Waals surface area contributed by atoms with E-state index in [-0.39, 0.29) is 23.1 Å². The molecule has 3 nitrogen and oxygen atoms in total. The monoisotopic (exact) mass is 281 g/mol. The first kappa shape index (κ1) is 13.7. The summed E-state index contributed by atoms with van der Waals surface area (Å²) >= 11 is 0. The van der Waals surface area contributed by atoms with Crippen LogP contribution < -0.4 is 4.90 Å². The Balaban J connectivity index is 2.25. The van der Waals surface area contributed by atoms with Crippen molar-refractivity contribution in [2.24, 2.45) is 0 Å². The third-order valence-corrected chi connectivity index (χ3v) is 4.37. The number of anilines is 1. The second kappa shape index (κ2) is 4.62. The lowest BCUT2D eigenvalue weighted by Gasteiger charge is -2.33. The van der Waals surface area contributed by atoms with Crippen molar-refractivity contribution in [1.29, 1.82) is 0 Å². The van der Waals surface area contributed by atoms with Crippen LogP contribution >= 0.6 is 0 Å². The number of para-hydroxylation sites is 2. The van der Waals surface area contributed by atoms with Crippen LogP contribution in [0.3, 0.4) is 0 Å². The lowest BCUT2D eigenvalue weighted by atomic mass is 9.77. The van der Waals surface area contributed by atoms with E-state index in [0.29, 0.717) is 0 Å². The zero-order chi connectivity index (χ0) is 15.2. The fraction of sp³-hybridized carbons (Fsp3) is 0.278. The molecule has 1 atom stereocenters. The van der Waals surface area contributed by atoms with Gasteiger partial charge in [-0.3, -0.25) is 4.79 Å². The molecule has 0 saturated heterocycles. The molecule has 0 radical (unpaired) electrons. The van der Waals surface area contributed by atoms with Crippen LogP contribution in [0.15, 0.2) is 48.5 Å². The van der Waals surface area contributed by atoms with Gasteiger partial charge in [-0.05, 0) is 17.7 Å². The summed E-state index contributed by atoms with van der Waals surface area (Å²) in [6, 6.07) is 15.0. The van der Waals surface area contributed by atoms with Gasteiger partial charge in [-0.1, -0.05) is 50.2 Å².